The van der Waals surface area contributed by atoms with E-state index in [1.807, 2.05) is 0 Å². The average Bonchev–Trinajstić information content (AvgIpc) is 2.60. The van der Waals surface area contributed by atoms with Gasteiger partial charge in [-0.3, -0.25) is 0 Å². The number of ether oxygens (including phenoxy) is 4. The van der Waals surface area contributed by atoms with E-state index in [-0.39, 0.29) is 24.7 Å². The number of hydrogen-bond donors (Lipinski definition) is 2. The number of methoxy groups -OCH3 is 2. The van der Waals surface area contributed by atoms with E-state index >= 15 is 0 Å². The van der Waals surface area contributed by atoms with Gasteiger partial charge in [-0.2, -0.15) is 0 Å². The number of aliphatic hydroxyl groups is 2. The lowest BCUT2D eigenvalue weighted by Gasteiger charge is -2.44. The third-order valence-electron chi connectivity index (χ3n) is 5.11. The van der Waals surface area contributed by atoms with Gasteiger partial charge in [0, 0.05) is 14.2 Å². The Morgan fingerprint density at radius 1 is 0.963 bits per heavy atom. The Hall–Kier alpha value is -0.0631. The van der Waals surface area contributed by atoms with Gasteiger partial charge in [-0.05, 0) is 24.6 Å². The minimum absolute atomic E-state index is 0.0408. The molecule has 7 nitrogen and oxygen atoms in total. The third-order valence-corrected chi connectivity index (χ3v) is 9.59. The fourth-order valence-corrected chi connectivity index (χ4v) is 3.77. The smallest absolute Gasteiger partial charge is 0.192 e. The minimum Gasteiger partial charge on any atom is -0.408 e. The maximum Gasteiger partial charge on any atom is 0.192 e. The molecule has 0 aliphatic rings. The molecular formula is C19H42O7Si. The summed E-state index contributed by atoms with van der Waals surface area (Å²) in [5.41, 5.74) is 0. The summed E-state index contributed by atoms with van der Waals surface area (Å²) in [6, 6.07) is 0. The highest BCUT2D eigenvalue weighted by molar-refractivity contribution is 6.74. The van der Waals surface area contributed by atoms with Crippen molar-refractivity contribution in [2.24, 2.45) is 0 Å². The molecule has 0 amide bonds. The molecule has 0 aromatic rings. The van der Waals surface area contributed by atoms with Crippen molar-refractivity contribution in [2.75, 3.05) is 34.4 Å². The zero-order valence-electron chi connectivity index (χ0n) is 18.5. The lowest BCUT2D eigenvalue weighted by Crippen LogP contribution is -2.56. The lowest BCUT2D eigenvalue weighted by atomic mass is 9.99. The molecule has 0 unspecified atom stereocenters. The Kier molecular flexibility index (Phi) is 13.2. The summed E-state index contributed by atoms with van der Waals surface area (Å²) in [5.74, 6) is 0. The van der Waals surface area contributed by atoms with E-state index in [0.29, 0.717) is 0 Å². The SMILES string of the molecule is CCCC[C@H](OCOC)[C@@H](OCOC)[C@H](O[Si](C)(C)C(C)(C)C)[C@@H](O)CO. The van der Waals surface area contributed by atoms with Crippen molar-refractivity contribution >= 4 is 8.32 Å². The summed E-state index contributed by atoms with van der Waals surface area (Å²) >= 11 is 0. The number of aliphatic hydroxyl groups excluding tert-OH is 2. The van der Waals surface area contributed by atoms with Crippen LogP contribution in [-0.4, -0.2) is 77.4 Å². The van der Waals surface area contributed by atoms with Crippen LogP contribution in [0.15, 0.2) is 0 Å². The standard InChI is InChI=1S/C19H42O7Si/c1-9-10-11-16(24-13-22-5)18(25-14-23-6)17(15(21)12-20)26-27(7,8)19(2,3)4/h15-18,20-21H,9-14H2,1-8H3/t15-,16-,17+,18+/m0/s1. The van der Waals surface area contributed by atoms with E-state index in [1.54, 1.807) is 14.2 Å². The van der Waals surface area contributed by atoms with Crippen molar-refractivity contribution in [1.82, 2.24) is 0 Å². The van der Waals surface area contributed by atoms with Gasteiger partial charge in [0.25, 0.3) is 0 Å². The molecule has 4 atom stereocenters. The van der Waals surface area contributed by atoms with Gasteiger partial charge in [0.2, 0.25) is 0 Å². The van der Waals surface area contributed by atoms with E-state index in [2.05, 4.69) is 40.8 Å². The molecule has 0 aromatic heterocycles. The molecule has 0 heterocycles. The van der Waals surface area contributed by atoms with Crippen molar-refractivity contribution in [3.05, 3.63) is 0 Å². The Bertz CT molecular complexity index is 366. The second-order valence-electron chi connectivity index (χ2n) is 8.38. The van der Waals surface area contributed by atoms with Crippen molar-refractivity contribution < 1.29 is 33.6 Å². The van der Waals surface area contributed by atoms with Crippen LogP contribution in [0.5, 0.6) is 0 Å². The predicted octanol–water partition coefficient (Wildman–Crippen LogP) is 2.90. The maximum absolute atomic E-state index is 10.6. The molecule has 8 heteroatoms. The molecule has 0 spiro atoms. The Morgan fingerprint density at radius 3 is 1.96 bits per heavy atom. The zero-order chi connectivity index (χ0) is 21.1. The second-order valence-corrected chi connectivity index (χ2v) is 13.1. The first-order valence-electron chi connectivity index (χ1n) is 9.73. The van der Waals surface area contributed by atoms with Gasteiger partial charge in [-0.1, -0.05) is 40.5 Å². The molecule has 164 valence electrons. The Morgan fingerprint density at radius 2 is 1.52 bits per heavy atom. The summed E-state index contributed by atoms with van der Waals surface area (Å²) in [4.78, 5) is 0. The molecule has 0 aliphatic heterocycles. The van der Waals surface area contributed by atoms with Crippen LogP contribution in [-0.2, 0) is 23.4 Å². The zero-order valence-corrected chi connectivity index (χ0v) is 19.5. The summed E-state index contributed by atoms with van der Waals surface area (Å²) in [7, 11) is 0.869. The molecule has 2 N–H and O–H groups in total. The number of unbranched alkanes of at least 4 members (excludes halogenated alkanes) is 1. The van der Waals surface area contributed by atoms with E-state index in [0.717, 1.165) is 19.3 Å². The van der Waals surface area contributed by atoms with E-state index in [4.69, 9.17) is 23.4 Å². The topological polar surface area (TPSA) is 86.6 Å². The van der Waals surface area contributed by atoms with E-state index in [9.17, 15) is 10.2 Å². The largest absolute Gasteiger partial charge is 0.408 e. The number of hydrogen-bond acceptors (Lipinski definition) is 7. The fourth-order valence-electron chi connectivity index (χ4n) is 2.45. The lowest BCUT2D eigenvalue weighted by molar-refractivity contribution is -0.200. The highest BCUT2D eigenvalue weighted by Gasteiger charge is 2.45. The monoisotopic (exact) mass is 410 g/mol. The molecular weight excluding hydrogens is 368 g/mol. The van der Waals surface area contributed by atoms with Crippen LogP contribution in [0.3, 0.4) is 0 Å². The van der Waals surface area contributed by atoms with Crippen molar-refractivity contribution in [1.29, 1.82) is 0 Å². The minimum atomic E-state index is -2.24. The van der Waals surface area contributed by atoms with Gasteiger partial charge < -0.3 is 33.6 Å². The first-order valence-corrected chi connectivity index (χ1v) is 12.6. The molecule has 0 saturated heterocycles. The number of rotatable bonds is 15. The molecule has 0 aromatic carbocycles. The van der Waals surface area contributed by atoms with E-state index < -0.39 is 33.2 Å². The average molecular weight is 411 g/mol. The van der Waals surface area contributed by atoms with Crippen LogP contribution in [0.25, 0.3) is 0 Å². The third kappa shape index (κ3) is 9.32. The van der Waals surface area contributed by atoms with Crippen LogP contribution in [0.2, 0.25) is 18.1 Å². The molecule has 0 rings (SSSR count). The van der Waals surface area contributed by atoms with Gasteiger partial charge >= 0.3 is 0 Å². The summed E-state index contributed by atoms with van der Waals surface area (Å²) in [6.45, 7) is 12.4. The first kappa shape index (κ1) is 26.9. The van der Waals surface area contributed by atoms with E-state index in [1.165, 1.54) is 0 Å². The van der Waals surface area contributed by atoms with Crippen molar-refractivity contribution in [3.8, 4) is 0 Å². The fraction of sp³-hybridized carbons (Fsp3) is 1.00. The Balaban J connectivity index is 5.74. The summed E-state index contributed by atoms with van der Waals surface area (Å²) in [5, 5.41) is 20.1. The molecule has 0 bridgehead atoms. The quantitative estimate of drug-likeness (QED) is 0.317. The van der Waals surface area contributed by atoms with Gasteiger partial charge in [0.15, 0.2) is 8.32 Å². The molecule has 27 heavy (non-hydrogen) atoms. The van der Waals surface area contributed by atoms with Crippen LogP contribution in [0.1, 0.15) is 47.0 Å². The highest BCUT2D eigenvalue weighted by Crippen LogP contribution is 2.38. The van der Waals surface area contributed by atoms with Crippen LogP contribution in [0.4, 0.5) is 0 Å². The van der Waals surface area contributed by atoms with Gasteiger partial charge in [0.1, 0.15) is 31.9 Å². The molecule has 0 saturated carbocycles. The van der Waals surface area contributed by atoms with Gasteiger partial charge in [-0.15, -0.1) is 0 Å². The Labute approximate surface area is 166 Å². The van der Waals surface area contributed by atoms with Gasteiger partial charge in [-0.25, -0.2) is 0 Å². The molecule has 0 aliphatic carbocycles. The summed E-state index contributed by atoms with van der Waals surface area (Å²) in [6.07, 6.45) is -0.104. The summed E-state index contributed by atoms with van der Waals surface area (Å²) < 4.78 is 28.4. The maximum atomic E-state index is 10.6. The second kappa shape index (κ2) is 13.2. The van der Waals surface area contributed by atoms with Crippen molar-refractivity contribution in [3.63, 3.8) is 0 Å². The first-order chi connectivity index (χ1) is 12.6. The van der Waals surface area contributed by atoms with Crippen LogP contribution >= 0.6 is 0 Å². The molecule has 0 fully saturated rings. The molecule has 0 radical (unpaired) electrons. The predicted molar refractivity (Wildman–Crippen MR) is 108 cm³/mol. The van der Waals surface area contributed by atoms with Crippen LogP contribution < -0.4 is 0 Å². The highest BCUT2D eigenvalue weighted by atomic mass is 28.4. The van der Waals surface area contributed by atoms with Crippen LogP contribution in [0, 0.1) is 0 Å². The van der Waals surface area contributed by atoms with Gasteiger partial charge in [0.05, 0.1) is 12.7 Å². The van der Waals surface area contributed by atoms with Crippen molar-refractivity contribution in [2.45, 2.75) is 89.5 Å². The normalized spacial score (nSPS) is 17.6.